The van der Waals surface area contributed by atoms with Gasteiger partial charge in [0.2, 0.25) is 0 Å². The monoisotopic (exact) mass is 235 g/mol. The van der Waals surface area contributed by atoms with Crippen molar-refractivity contribution in [2.24, 2.45) is 5.92 Å². The fraction of sp³-hybridized carbons (Fsp3) is 0.778. The third-order valence-corrected chi connectivity index (χ3v) is 2.57. The van der Waals surface area contributed by atoms with Crippen LogP contribution in [0.25, 0.3) is 0 Å². The number of rotatable bonds is 3. The molecule has 1 aliphatic carbocycles. The number of alkyl halides is 3. The van der Waals surface area contributed by atoms with Crippen molar-refractivity contribution in [2.75, 3.05) is 0 Å². The Labute approximate surface area is 89.7 Å². The second-order valence-electron chi connectivity index (χ2n) is 4.16. The number of hydrogen-bond donors (Lipinski definition) is 0. The van der Waals surface area contributed by atoms with Gasteiger partial charge in [-0.1, -0.05) is 0 Å². The predicted molar refractivity (Wildman–Crippen MR) is 50.0 cm³/mol. The zero-order valence-electron chi connectivity index (χ0n) is 8.79. The minimum Gasteiger partial charge on any atom is -0.270 e. The van der Waals surface area contributed by atoms with Gasteiger partial charge in [-0.2, -0.15) is 18.3 Å². The van der Waals surface area contributed by atoms with Gasteiger partial charge in [0.15, 0.2) is 0 Å². The molecule has 1 fully saturated rings. The molecule has 0 unspecified atom stereocenters. The summed E-state index contributed by atoms with van der Waals surface area (Å²) in [6.45, 7) is 0.587. The number of aryl methyl sites for hydroxylation is 1. The first kappa shape index (κ1) is 11.2. The Balaban J connectivity index is 2.23. The summed E-state index contributed by atoms with van der Waals surface area (Å²) in [5, 5.41) is 3.84. The Bertz CT molecular complexity index is 442. The second-order valence-corrected chi connectivity index (χ2v) is 4.16. The van der Waals surface area contributed by atoms with E-state index in [9.17, 15) is 18.0 Å². The molecule has 7 heteroatoms. The quantitative estimate of drug-likeness (QED) is 0.792. The maximum Gasteiger partial charge on any atom is 0.406 e. The molecule has 0 radical (unpaired) electrons. The minimum atomic E-state index is -4.39. The van der Waals surface area contributed by atoms with E-state index in [1.807, 2.05) is 0 Å². The van der Waals surface area contributed by atoms with Gasteiger partial charge in [-0.05, 0) is 25.7 Å². The van der Waals surface area contributed by atoms with E-state index in [0.717, 1.165) is 17.5 Å². The highest BCUT2D eigenvalue weighted by Crippen LogP contribution is 2.29. The van der Waals surface area contributed by atoms with E-state index in [-0.39, 0.29) is 5.82 Å². The van der Waals surface area contributed by atoms with Crippen LogP contribution in [0.2, 0.25) is 0 Å². The molecule has 0 aliphatic heterocycles. The van der Waals surface area contributed by atoms with Crippen LogP contribution >= 0.6 is 0 Å². The summed E-state index contributed by atoms with van der Waals surface area (Å²) < 4.78 is 38.4. The van der Waals surface area contributed by atoms with Gasteiger partial charge in [0, 0.05) is 6.54 Å². The van der Waals surface area contributed by atoms with E-state index >= 15 is 0 Å². The standard InChI is InChI=1S/C9H12F3N3O/c1-6-13-15(4-7-2-3-7)8(16)14(6)5-9(10,11)12/h7H,2-5H2,1H3. The fourth-order valence-corrected chi connectivity index (χ4v) is 1.57. The Morgan fingerprint density at radius 2 is 2.06 bits per heavy atom. The molecule has 16 heavy (non-hydrogen) atoms. The van der Waals surface area contributed by atoms with Crippen LogP contribution in [-0.4, -0.2) is 20.5 Å². The lowest BCUT2D eigenvalue weighted by atomic mass is 10.4. The third-order valence-electron chi connectivity index (χ3n) is 2.57. The molecule has 4 nitrogen and oxygen atoms in total. The molecule has 2 rings (SSSR count). The highest BCUT2D eigenvalue weighted by Gasteiger charge is 2.31. The minimum absolute atomic E-state index is 0.114. The maximum atomic E-state index is 12.2. The normalized spacial score (nSPS) is 16.8. The van der Waals surface area contributed by atoms with Gasteiger partial charge in [-0.15, -0.1) is 0 Å². The molecule has 1 aliphatic rings. The van der Waals surface area contributed by atoms with Crippen molar-refractivity contribution < 1.29 is 13.2 Å². The molecule has 0 bridgehead atoms. The van der Waals surface area contributed by atoms with Crippen LogP contribution < -0.4 is 5.69 Å². The van der Waals surface area contributed by atoms with Crippen molar-refractivity contribution in [2.45, 2.75) is 39.0 Å². The van der Waals surface area contributed by atoms with Crippen molar-refractivity contribution in [3.05, 3.63) is 16.3 Å². The van der Waals surface area contributed by atoms with Crippen molar-refractivity contribution >= 4 is 0 Å². The lowest BCUT2D eigenvalue weighted by Crippen LogP contribution is -2.30. The largest absolute Gasteiger partial charge is 0.406 e. The predicted octanol–water partition coefficient (Wildman–Crippen LogP) is 1.33. The third kappa shape index (κ3) is 2.45. The van der Waals surface area contributed by atoms with Crippen LogP contribution in [0.15, 0.2) is 4.79 Å². The van der Waals surface area contributed by atoms with Crippen LogP contribution in [-0.2, 0) is 13.1 Å². The molecule has 0 N–H and O–H groups in total. The van der Waals surface area contributed by atoms with Crippen molar-refractivity contribution in [1.29, 1.82) is 0 Å². The summed E-state index contributed by atoms with van der Waals surface area (Å²) in [4.78, 5) is 11.6. The summed E-state index contributed by atoms with van der Waals surface area (Å²) in [5.74, 6) is 0.523. The summed E-state index contributed by atoms with van der Waals surface area (Å²) in [5.41, 5.74) is -0.665. The van der Waals surface area contributed by atoms with E-state index in [4.69, 9.17) is 0 Å². The van der Waals surface area contributed by atoms with Gasteiger partial charge in [-0.3, -0.25) is 4.57 Å². The summed E-state index contributed by atoms with van der Waals surface area (Å²) in [6.07, 6.45) is -2.34. The van der Waals surface area contributed by atoms with E-state index < -0.39 is 18.4 Å². The molecule has 90 valence electrons. The van der Waals surface area contributed by atoms with Crippen molar-refractivity contribution in [3.63, 3.8) is 0 Å². The number of aromatic nitrogens is 3. The molecule has 0 atom stereocenters. The van der Waals surface area contributed by atoms with Gasteiger partial charge in [-0.25, -0.2) is 9.48 Å². The topological polar surface area (TPSA) is 39.8 Å². The second kappa shape index (κ2) is 3.64. The molecule has 0 spiro atoms. The Kier molecular flexibility index (Phi) is 2.55. The molecule has 1 heterocycles. The molecule has 1 aromatic heterocycles. The first-order valence-corrected chi connectivity index (χ1v) is 5.08. The van der Waals surface area contributed by atoms with Gasteiger partial charge in [0.25, 0.3) is 0 Å². The smallest absolute Gasteiger partial charge is 0.270 e. The van der Waals surface area contributed by atoms with Gasteiger partial charge < -0.3 is 0 Å². The highest BCUT2D eigenvalue weighted by atomic mass is 19.4. The molecular weight excluding hydrogens is 223 g/mol. The van der Waals surface area contributed by atoms with E-state index in [1.54, 1.807) is 0 Å². The Morgan fingerprint density at radius 3 is 2.56 bits per heavy atom. The van der Waals surface area contributed by atoms with Crippen molar-refractivity contribution in [3.8, 4) is 0 Å². The van der Waals surface area contributed by atoms with Crippen LogP contribution in [0, 0.1) is 12.8 Å². The average Bonchev–Trinajstić information content (AvgIpc) is 2.90. The molecule has 0 amide bonds. The molecular formula is C9H12F3N3O. The van der Waals surface area contributed by atoms with E-state index in [0.29, 0.717) is 17.0 Å². The molecule has 0 saturated heterocycles. The number of nitrogens with zero attached hydrogens (tertiary/aromatic N) is 3. The fourth-order valence-electron chi connectivity index (χ4n) is 1.57. The average molecular weight is 235 g/mol. The molecule has 1 saturated carbocycles. The van der Waals surface area contributed by atoms with Gasteiger partial charge >= 0.3 is 11.9 Å². The first-order chi connectivity index (χ1) is 7.37. The zero-order valence-corrected chi connectivity index (χ0v) is 8.79. The first-order valence-electron chi connectivity index (χ1n) is 5.08. The summed E-state index contributed by atoms with van der Waals surface area (Å²) in [6, 6.07) is 0. The summed E-state index contributed by atoms with van der Waals surface area (Å²) in [7, 11) is 0. The maximum absolute atomic E-state index is 12.2. The summed E-state index contributed by atoms with van der Waals surface area (Å²) >= 11 is 0. The molecule has 1 aromatic rings. The Morgan fingerprint density at radius 1 is 1.44 bits per heavy atom. The zero-order chi connectivity index (χ0) is 11.9. The van der Waals surface area contributed by atoms with Crippen LogP contribution in [0.4, 0.5) is 13.2 Å². The van der Waals surface area contributed by atoms with Crippen LogP contribution in [0.1, 0.15) is 18.7 Å². The Hall–Kier alpha value is -1.27. The van der Waals surface area contributed by atoms with E-state index in [2.05, 4.69) is 5.10 Å². The number of halogens is 3. The van der Waals surface area contributed by atoms with Crippen LogP contribution in [0.5, 0.6) is 0 Å². The lowest BCUT2D eigenvalue weighted by Gasteiger charge is -2.06. The highest BCUT2D eigenvalue weighted by molar-refractivity contribution is 4.86. The molecule has 0 aromatic carbocycles. The van der Waals surface area contributed by atoms with Crippen LogP contribution in [0.3, 0.4) is 0 Å². The SMILES string of the molecule is Cc1nn(CC2CC2)c(=O)n1CC(F)(F)F. The van der Waals surface area contributed by atoms with Gasteiger partial charge in [0.05, 0.1) is 0 Å². The van der Waals surface area contributed by atoms with Gasteiger partial charge in [0.1, 0.15) is 12.4 Å². The number of hydrogen-bond acceptors (Lipinski definition) is 2. The van der Waals surface area contributed by atoms with Crippen molar-refractivity contribution in [1.82, 2.24) is 14.3 Å². The van der Waals surface area contributed by atoms with E-state index in [1.165, 1.54) is 6.92 Å². The lowest BCUT2D eigenvalue weighted by molar-refractivity contribution is -0.141.